The number of hydrogen-bond donors (Lipinski definition) is 0. The third-order valence-corrected chi connectivity index (χ3v) is 6.12. The molecule has 3 aromatic heterocycles. The van der Waals surface area contributed by atoms with E-state index in [0.717, 1.165) is 57.9 Å². The van der Waals surface area contributed by atoms with Gasteiger partial charge in [-0.25, -0.2) is 9.78 Å². The molecule has 1 aliphatic carbocycles. The van der Waals surface area contributed by atoms with Gasteiger partial charge >= 0.3 is 5.97 Å². The Balaban J connectivity index is 1.51. The lowest BCUT2D eigenvalue weighted by molar-refractivity contribution is 0.0468. The fourth-order valence-electron chi connectivity index (χ4n) is 4.18. The van der Waals surface area contributed by atoms with E-state index < -0.39 is 5.97 Å². The van der Waals surface area contributed by atoms with Crippen LogP contribution in [0.5, 0.6) is 0 Å². The standard InChI is InChI=1S/C24H20BrN3O3/c1-14-6-8-20-18(10-14)23(17-4-2-3-5-19(17)27-20)24(30)31-13-16-11-22(29)28-12-15(25)7-9-21(28)26-16/h6-12H,2-5,13H2,1H3. The Labute approximate surface area is 187 Å². The summed E-state index contributed by atoms with van der Waals surface area (Å²) in [6.45, 7) is 1.93. The number of halogens is 1. The molecule has 156 valence electrons. The van der Waals surface area contributed by atoms with Crippen molar-refractivity contribution in [2.45, 2.75) is 39.2 Å². The summed E-state index contributed by atoms with van der Waals surface area (Å²) < 4.78 is 7.90. The molecule has 1 aromatic carbocycles. The van der Waals surface area contributed by atoms with Gasteiger partial charge < -0.3 is 4.74 Å². The highest BCUT2D eigenvalue weighted by atomic mass is 79.9. The van der Waals surface area contributed by atoms with Crippen LogP contribution in [-0.2, 0) is 24.2 Å². The molecule has 0 unspecified atom stereocenters. The van der Waals surface area contributed by atoms with Crippen molar-refractivity contribution in [1.82, 2.24) is 14.4 Å². The van der Waals surface area contributed by atoms with Crippen molar-refractivity contribution >= 4 is 38.4 Å². The van der Waals surface area contributed by atoms with Crippen LogP contribution < -0.4 is 5.56 Å². The third kappa shape index (κ3) is 3.74. The van der Waals surface area contributed by atoms with E-state index in [4.69, 9.17) is 9.72 Å². The molecule has 4 aromatic rings. The minimum absolute atomic E-state index is 0.0644. The van der Waals surface area contributed by atoms with Gasteiger partial charge in [-0.2, -0.15) is 0 Å². The van der Waals surface area contributed by atoms with Crippen molar-refractivity contribution in [2.24, 2.45) is 0 Å². The first-order valence-corrected chi connectivity index (χ1v) is 11.1. The number of hydrogen-bond acceptors (Lipinski definition) is 5. The number of ether oxygens (including phenoxy) is 1. The highest BCUT2D eigenvalue weighted by Crippen LogP contribution is 2.30. The number of nitrogens with zero attached hydrogens (tertiary/aromatic N) is 3. The summed E-state index contributed by atoms with van der Waals surface area (Å²) in [6.07, 6.45) is 5.47. The van der Waals surface area contributed by atoms with E-state index >= 15 is 0 Å². The molecule has 0 atom stereocenters. The number of benzene rings is 1. The van der Waals surface area contributed by atoms with Gasteiger partial charge in [0.1, 0.15) is 12.3 Å². The summed E-state index contributed by atoms with van der Waals surface area (Å²) in [5.74, 6) is -0.394. The van der Waals surface area contributed by atoms with Gasteiger partial charge in [0.15, 0.2) is 0 Å². The molecule has 0 saturated heterocycles. The Morgan fingerprint density at radius 2 is 1.97 bits per heavy atom. The van der Waals surface area contributed by atoms with Crippen molar-refractivity contribution in [3.05, 3.63) is 85.5 Å². The Kier molecular flexibility index (Phi) is 5.06. The second-order valence-corrected chi connectivity index (χ2v) is 8.79. The van der Waals surface area contributed by atoms with Gasteiger partial charge in [0, 0.05) is 27.8 Å². The van der Waals surface area contributed by atoms with E-state index in [1.165, 1.54) is 10.5 Å². The first-order chi connectivity index (χ1) is 15.0. The Hall–Kier alpha value is -3.06. The second-order valence-electron chi connectivity index (χ2n) is 7.88. The van der Waals surface area contributed by atoms with Crippen LogP contribution in [0.15, 0.2) is 51.9 Å². The van der Waals surface area contributed by atoms with Crippen molar-refractivity contribution in [1.29, 1.82) is 0 Å². The Morgan fingerprint density at radius 1 is 1.13 bits per heavy atom. The first-order valence-electron chi connectivity index (χ1n) is 10.3. The van der Waals surface area contributed by atoms with Crippen LogP contribution in [0.4, 0.5) is 0 Å². The van der Waals surface area contributed by atoms with Gasteiger partial charge in [-0.05, 0) is 78.4 Å². The van der Waals surface area contributed by atoms with E-state index in [0.29, 0.717) is 16.9 Å². The van der Waals surface area contributed by atoms with Crippen LogP contribution >= 0.6 is 15.9 Å². The van der Waals surface area contributed by atoms with Gasteiger partial charge in [0.2, 0.25) is 0 Å². The number of carbonyl (C=O) groups excluding carboxylic acids is 1. The molecule has 1 aliphatic rings. The molecule has 7 heteroatoms. The van der Waals surface area contributed by atoms with Crippen LogP contribution in [-0.4, -0.2) is 20.3 Å². The summed E-state index contributed by atoms with van der Waals surface area (Å²) in [5, 5.41) is 0.821. The number of aryl methyl sites for hydroxylation is 2. The molecule has 0 N–H and O–H groups in total. The lowest BCUT2D eigenvalue weighted by atomic mass is 9.89. The van der Waals surface area contributed by atoms with E-state index in [1.807, 2.05) is 31.2 Å². The molecule has 3 heterocycles. The van der Waals surface area contributed by atoms with Crippen molar-refractivity contribution < 1.29 is 9.53 Å². The molecule has 5 rings (SSSR count). The number of aromatic nitrogens is 3. The first kappa shape index (κ1) is 19.9. The average Bonchev–Trinajstić information content (AvgIpc) is 2.76. The molecule has 0 aliphatic heterocycles. The molecule has 0 fully saturated rings. The maximum Gasteiger partial charge on any atom is 0.339 e. The Bertz CT molecular complexity index is 1410. The number of pyridine rings is 2. The minimum atomic E-state index is -0.394. The van der Waals surface area contributed by atoms with Crippen LogP contribution in [0.3, 0.4) is 0 Å². The lowest BCUT2D eigenvalue weighted by Gasteiger charge is -2.20. The highest BCUT2D eigenvalue weighted by Gasteiger charge is 2.24. The van der Waals surface area contributed by atoms with Crippen LogP contribution in [0.1, 0.15) is 45.7 Å². The van der Waals surface area contributed by atoms with Gasteiger partial charge in [0.05, 0.1) is 16.8 Å². The van der Waals surface area contributed by atoms with Gasteiger partial charge in [0.25, 0.3) is 5.56 Å². The van der Waals surface area contributed by atoms with Crippen LogP contribution in [0.2, 0.25) is 0 Å². The highest BCUT2D eigenvalue weighted by molar-refractivity contribution is 9.10. The molecule has 0 radical (unpaired) electrons. The maximum atomic E-state index is 13.2. The summed E-state index contributed by atoms with van der Waals surface area (Å²) in [5.41, 5.74) is 5.16. The lowest BCUT2D eigenvalue weighted by Crippen LogP contribution is -2.18. The van der Waals surface area contributed by atoms with Gasteiger partial charge in [-0.15, -0.1) is 0 Å². The van der Waals surface area contributed by atoms with Gasteiger partial charge in [-0.1, -0.05) is 11.6 Å². The second kappa shape index (κ2) is 7.89. The quantitative estimate of drug-likeness (QED) is 0.404. The van der Waals surface area contributed by atoms with Crippen molar-refractivity contribution in [3.8, 4) is 0 Å². The zero-order chi connectivity index (χ0) is 21.5. The van der Waals surface area contributed by atoms with E-state index in [9.17, 15) is 9.59 Å². The summed E-state index contributed by atoms with van der Waals surface area (Å²) in [4.78, 5) is 34.9. The fourth-order valence-corrected chi connectivity index (χ4v) is 4.52. The largest absolute Gasteiger partial charge is 0.456 e. The van der Waals surface area contributed by atoms with E-state index in [1.54, 1.807) is 12.3 Å². The molecule has 6 nitrogen and oxygen atoms in total. The predicted molar refractivity (Wildman–Crippen MR) is 121 cm³/mol. The van der Waals surface area contributed by atoms with Gasteiger partial charge in [-0.3, -0.25) is 14.2 Å². The molecule has 0 saturated carbocycles. The smallest absolute Gasteiger partial charge is 0.339 e. The number of carbonyl (C=O) groups is 1. The van der Waals surface area contributed by atoms with Crippen LogP contribution in [0, 0.1) is 6.92 Å². The van der Waals surface area contributed by atoms with Crippen LogP contribution in [0.25, 0.3) is 16.6 Å². The zero-order valence-corrected chi connectivity index (χ0v) is 18.6. The third-order valence-electron chi connectivity index (χ3n) is 5.65. The monoisotopic (exact) mass is 477 g/mol. The van der Waals surface area contributed by atoms with Crippen molar-refractivity contribution in [3.63, 3.8) is 0 Å². The average molecular weight is 478 g/mol. The zero-order valence-electron chi connectivity index (χ0n) is 17.0. The molecule has 0 amide bonds. The normalized spacial score (nSPS) is 13.4. The maximum absolute atomic E-state index is 13.2. The molecule has 31 heavy (non-hydrogen) atoms. The summed E-state index contributed by atoms with van der Waals surface area (Å²) >= 11 is 3.35. The number of rotatable bonds is 3. The summed E-state index contributed by atoms with van der Waals surface area (Å²) in [7, 11) is 0. The molecule has 0 spiro atoms. The number of esters is 1. The van der Waals surface area contributed by atoms with Crippen molar-refractivity contribution in [2.75, 3.05) is 0 Å². The van der Waals surface area contributed by atoms with E-state index in [-0.39, 0.29) is 12.2 Å². The predicted octanol–water partition coefficient (Wildman–Crippen LogP) is 4.55. The summed E-state index contributed by atoms with van der Waals surface area (Å²) in [6, 6.07) is 10.9. The number of fused-ring (bicyclic) bond motifs is 3. The van der Waals surface area contributed by atoms with E-state index in [2.05, 4.69) is 20.9 Å². The molecular weight excluding hydrogens is 458 g/mol. The Morgan fingerprint density at radius 3 is 2.84 bits per heavy atom. The molecular formula is C24H20BrN3O3. The SMILES string of the molecule is Cc1ccc2nc3c(c(C(=O)OCc4cc(=O)n5cc(Br)ccc5n4)c2c1)CCCC3. The minimum Gasteiger partial charge on any atom is -0.456 e. The molecule has 0 bridgehead atoms. The topological polar surface area (TPSA) is 73.6 Å². The fraction of sp³-hybridized carbons (Fsp3) is 0.250.